The van der Waals surface area contributed by atoms with Crippen LogP contribution >= 0.6 is 11.6 Å². The van der Waals surface area contributed by atoms with Gasteiger partial charge in [-0.15, -0.1) is 0 Å². The summed E-state index contributed by atoms with van der Waals surface area (Å²) in [4.78, 5) is 25.8. The number of rotatable bonds is 5. The Morgan fingerprint density at radius 2 is 1.76 bits per heavy atom. The number of hydrogen-bond donors (Lipinski definition) is 1. The molecule has 0 aliphatic rings. The molecule has 0 aliphatic heterocycles. The van der Waals surface area contributed by atoms with E-state index in [9.17, 15) is 9.59 Å². The standard InChI is InChI=1S/C19H21ClN2O3/c1-12-7-13(2)9-16(8-12)21-19(24)11-22(14(3)23)17-10-15(20)5-6-18(17)25-4/h5-10H,11H2,1-4H3,(H,21,24). The summed E-state index contributed by atoms with van der Waals surface area (Å²) in [5, 5.41) is 3.28. The number of ether oxygens (including phenoxy) is 1. The number of hydrogen-bond acceptors (Lipinski definition) is 3. The molecule has 2 aromatic rings. The third-order valence-electron chi connectivity index (χ3n) is 3.62. The van der Waals surface area contributed by atoms with Crippen molar-refractivity contribution < 1.29 is 14.3 Å². The lowest BCUT2D eigenvalue weighted by Crippen LogP contribution is -2.37. The van der Waals surface area contributed by atoms with Crippen molar-refractivity contribution in [2.45, 2.75) is 20.8 Å². The maximum Gasteiger partial charge on any atom is 0.244 e. The lowest BCUT2D eigenvalue weighted by atomic mass is 10.1. The number of anilines is 2. The maximum absolute atomic E-state index is 12.4. The van der Waals surface area contributed by atoms with E-state index in [1.54, 1.807) is 18.2 Å². The van der Waals surface area contributed by atoms with Gasteiger partial charge in [-0.25, -0.2) is 0 Å². The number of halogens is 1. The van der Waals surface area contributed by atoms with Gasteiger partial charge in [0.25, 0.3) is 0 Å². The van der Waals surface area contributed by atoms with E-state index < -0.39 is 0 Å². The van der Waals surface area contributed by atoms with Crippen LogP contribution in [0.25, 0.3) is 0 Å². The molecule has 5 nitrogen and oxygen atoms in total. The predicted molar refractivity (Wildman–Crippen MR) is 101 cm³/mol. The lowest BCUT2D eigenvalue weighted by Gasteiger charge is -2.23. The van der Waals surface area contributed by atoms with Crippen LogP contribution in [-0.4, -0.2) is 25.5 Å². The van der Waals surface area contributed by atoms with Crippen LogP contribution in [0.4, 0.5) is 11.4 Å². The Morgan fingerprint density at radius 3 is 2.32 bits per heavy atom. The second kappa shape index (κ2) is 8.03. The Balaban J connectivity index is 2.23. The van der Waals surface area contributed by atoms with Gasteiger partial charge in [0.05, 0.1) is 12.8 Å². The van der Waals surface area contributed by atoms with Gasteiger partial charge in [-0.2, -0.15) is 0 Å². The minimum absolute atomic E-state index is 0.140. The van der Waals surface area contributed by atoms with E-state index in [4.69, 9.17) is 16.3 Å². The molecule has 0 bridgehead atoms. The van der Waals surface area contributed by atoms with Crippen molar-refractivity contribution >= 4 is 34.8 Å². The van der Waals surface area contributed by atoms with E-state index in [2.05, 4.69) is 5.32 Å². The molecule has 0 saturated heterocycles. The van der Waals surface area contributed by atoms with Crippen molar-refractivity contribution in [2.24, 2.45) is 0 Å². The quantitative estimate of drug-likeness (QED) is 0.878. The molecule has 2 rings (SSSR count). The lowest BCUT2D eigenvalue weighted by molar-refractivity contribution is -0.120. The summed E-state index contributed by atoms with van der Waals surface area (Å²) >= 11 is 6.03. The Labute approximate surface area is 152 Å². The SMILES string of the molecule is COc1ccc(Cl)cc1N(CC(=O)Nc1cc(C)cc(C)c1)C(C)=O. The molecule has 6 heteroatoms. The number of nitrogens with zero attached hydrogens (tertiary/aromatic N) is 1. The van der Waals surface area contributed by atoms with Crippen LogP contribution in [0.3, 0.4) is 0 Å². The second-order valence-electron chi connectivity index (χ2n) is 5.85. The maximum atomic E-state index is 12.4. The van der Waals surface area contributed by atoms with Gasteiger partial charge in [0.15, 0.2) is 0 Å². The third kappa shape index (κ3) is 4.97. The third-order valence-corrected chi connectivity index (χ3v) is 3.85. The summed E-state index contributed by atoms with van der Waals surface area (Å²) in [6.07, 6.45) is 0. The first-order valence-corrected chi connectivity index (χ1v) is 8.17. The van der Waals surface area contributed by atoms with E-state index in [0.717, 1.165) is 11.1 Å². The van der Waals surface area contributed by atoms with Gasteiger partial charge < -0.3 is 10.1 Å². The fourth-order valence-corrected chi connectivity index (χ4v) is 2.80. The normalized spacial score (nSPS) is 10.3. The molecule has 0 atom stereocenters. The Hall–Kier alpha value is -2.53. The zero-order valence-corrected chi connectivity index (χ0v) is 15.5. The fraction of sp³-hybridized carbons (Fsp3) is 0.263. The molecule has 132 valence electrons. The van der Waals surface area contributed by atoms with Crippen LogP contribution in [0.15, 0.2) is 36.4 Å². The molecule has 0 spiro atoms. The summed E-state index contributed by atoms with van der Waals surface area (Å²) in [6.45, 7) is 5.17. The highest BCUT2D eigenvalue weighted by atomic mass is 35.5. The summed E-state index contributed by atoms with van der Waals surface area (Å²) in [5.41, 5.74) is 3.26. The van der Waals surface area contributed by atoms with E-state index in [1.807, 2.05) is 32.0 Å². The molecule has 0 heterocycles. The van der Waals surface area contributed by atoms with Crippen LogP contribution < -0.4 is 15.0 Å². The number of benzene rings is 2. The predicted octanol–water partition coefficient (Wildman–Crippen LogP) is 3.96. The van der Waals surface area contributed by atoms with Crippen LogP contribution in [-0.2, 0) is 9.59 Å². The highest BCUT2D eigenvalue weighted by Crippen LogP contribution is 2.31. The Morgan fingerprint density at radius 1 is 1.12 bits per heavy atom. The Kier molecular flexibility index (Phi) is 6.04. The van der Waals surface area contributed by atoms with Gasteiger partial charge in [-0.1, -0.05) is 17.7 Å². The number of methoxy groups -OCH3 is 1. The van der Waals surface area contributed by atoms with Crippen molar-refractivity contribution in [3.05, 3.63) is 52.5 Å². The van der Waals surface area contributed by atoms with Crippen LogP contribution in [0.5, 0.6) is 5.75 Å². The molecular formula is C19H21ClN2O3. The van der Waals surface area contributed by atoms with Crippen molar-refractivity contribution in [1.29, 1.82) is 0 Å². The molecule has 2 aromatic carbocycles. The molecule has 2 amide bonds. The molecule has 0 aromatic heterocycles. The van der Waals surface area contributed by atoms with Gasteiger partial charge in [0, 0.05) is 17.6 Å². The van der Waals surface area contributed by atoms with Crippen LogP contribution in [0.1, 0.15) is 18.1 Å². The van der Waals surface area contributed by atoms with Crippen molar-refractivity contribution in [3.8, 4) is 5.75 Å². The molecule has 0 fully saturated rings. The van der Waals surface area contributed by atoms with Crippen LogP contribution in [0, 0.1) is 13.8 Å². The molecular weight excluding hydrogens is 340 g/mol. The first-order chi connectivity index (χ1) is 11.8. The summed E-state index contributed by atoms with van der Waals surface area (Å²) in [6, 6.07) is 10.7. The summed E-state index contributed by atoms with van der Waals surface area (Å²) in [7, 11) is 1.50. The molecule has 0 radical (unpaired) electrons. The van der Waals surface area contributed by atoms with E-state index >= 15 is 0 Å². The minimum Gasteiger partial charge on any atom is -0.495 e. The zero-order chi connectivity index (χ0) is 18.6. The number of amides is 2. The van der Waals surface area contributed by atoms with Crippen molar-refractivity contribution in [2.75, 3.05) is 23.9 Å². The first-order valence-electron chi connectivity index (χ1n) is 7.80. The van der Waals surface area contributed by atoms with E-state index in [1.165, 1.54) is 18.9 Å². The van der Waals surface area contributed by atoms with Gasteiger partial charge in [0.2, 0.25) is 11.8 Å². The summed E-state index contributed by atoms with van der Waals surface area (Å²) < 4.78 is 5.28. The molecule has 1 N–H and O–H groups in total. The molecule has 0 saturated carbocycles. The topological polar surface area (TPSA) is 58.6 Å². The first kappa shape index (κ1) is 18.8. The fourth-order valence-electron chi connectivity index (χ4n) is 2.63. The molecule has 0 aliphatic carbocycles. The molecule has 0 unspecified atom stereocenters. The molecule has 25 heavy (non-hydrogen) atoms. The second-order valence-corrected chi connectivity index (χ2v) is 6.28. The summed E-state index contributed by atoms with van der Waals surface area (Å²) in [5.74, 6) is -0.114. The van der Waals surface area contributed by atoms with Crippen molar-refractivity contribution in [1.82, 2.24) is 0 Å². The minimum atomic E-state index is -0.303. The highest BCUT2D eigenvalue weighted by molar-refractivity contribution is 6.31. The highest BCUT2D eigenvalue weighted by Gasteiger charge is 2.20. The van der Waals surface area contributed by atoms with Crippen molar-refractivity contribution in [3.63, 3.8) is 0 Å². The largest absolute Gasteiger partial charge is 0.495 e. The monoisotopic (exact) mass is 360 g/mol. The van der Waals surface area contributed by atoms with Gasteiger partial charge in [-0.3, -0.25) is 14.5 Å². The smallest absolute Gasteiger partial charge is 0.244 e. The van der Waals surface area contributed by atoms with Crippen LogP contribution in [0.2, 0.25) is 5.02 Å². The number of nitrogens with one attached hydrogen (secondary N) is 1. The zero-order valence-electron chi connectivity index (χ0n) is 14.7. The Bertz CT molecular complexity index is 785. The van der Waals surface area contributed by atoms with E-state index in [-0.39, 0.29) is 18.4 Å². The average Bonchev–Trinajstić information content (AvgIpc) is 2.51. The van der Waals surface area contributed by atoms with Gasteiger partial charge in [0.1, 0.15) is 12.3 Å². The van der Waals surface area contributed by atoms with Gasteiger partial charge >= 0.3 is 0 Å². The average molecular weight is 361 g/mol. The number of carbonyl (C=O) groups excluding carboxylic acids is 2. The number of carbonyl (C=O) groups is 2. The van der Waals surface area contributed by atoms with Gasteiger partial charge in [-0.05, 0) is 55.3 Å². The van der Waals surface area contributed by atoms with E-state index in [0.29, 0.717) is 22.1 Å². The number of aryl methyl sites for hydroxylation is 2.